The average Bonchev–Trinajstić information content (AvgIpc) is 3.24. The minimum Gasteiger partial charge on any atom is -0.356 e. The number of nitrogens with zero attached hydrogens (tertiary/aromatic N) is 3. The Morgan fingerprint density at radius 1 is 1.21 bits per heavy atom. The highest BCUT2D eigenvalue weighted by atomic mass is 32.1. The Morgan fingerprint density at radius 2 is 2.07 bits per heavy atom. The third-order valence-corrected chi connectivity index (χ3v) is 7.77. The molecule has 1 aromatic heterocycles. The first-order valence-electron chi connectivity index (χ1n) is 11.1. The van der Waals surface area contributed by atoms with Crippen molar-refractivity contribution in [2.24, 2.45) is 11.3 Å². The predicted octanol–water partition coefficient (Wildman–Crippen LogP) is 4.30. The summed E-state index contributed by atoms with van der Waals surface area (Å²) in [6.07, 6.45) is 11.9. The first-order chi connectivity index (χ1) is 14.2. The SMILES string of the molecule is O=C(NCCC1=CCCCC1)C1CC12CCN(Cc1ccc3nsnc3c1)CC2. The largest absolute Gasteiger partial charge is 0.356 e. The molecule has 5 rings (SSSR count). The molecular weight excluding hydrogens is 380 g/mol. The zero-order valence-corrected chi connectivity index (χ0v) is 17.8. The summed E-state index contributed by atoms with van der Waals surface area (Å²) in [5, 5.41) is 3.22. The molecule has 6 heteroatoms. The average molecular weight is 411 g/mol. The lowest BCUT2D eigenvalue weighted by atomic mass is 9.90. The zero-order valence-electron chi connectivity index (χ0n) is 17.0. The van der Waals surface area contributed by atoms with Gasteiger partial charge in [0.15, 0.2) is 0 Å². The van der Waals surface area contributed by atoms with Crippen LogP contribution in [0.3, 0.4) is 0 Å². The molecule has 1 aliphatic heterocycles. The Kier molecular flexibility index (Phi) is 5.39. The number of fused-ring (bicyclic) bond motifs is 1. The topological polar surface area (TPSA) is 58.1 Å². The van der Waals surface area contributed by atoms with Crippen molar-refractivity contribution in [2.45, 2.75) is 57.9 Å². The summed E-state index contributed by atoms with van der Waals surface area (Å²) in [5.41, 5.74) is 5.13. The quantitative estimate of drug-likeness (QED) is 0.722. The van der Waals surface area contributed by atoms with Gasteiger partial charge in [-0.15, -0.1) is 0 Å². The van der Waals surface area contributed by atoms with Gasteiger partial charge in [0.2, 0.25) is 5.91 Å². The zero-order chi connectivity index (χ0) is 19.7. The Labute approximate surface area is 176 Å². The van der Waals surface area contributed by atoms with Crippen LogP contribution in [0.15, 0.2) is 29.8 Å². The van der Waals surface area contributed by atoms with Crippen molar-refractivity contribution in [3.63, 3.8) is 0 Å². The molecule has 1 amide bonds. The number of benzene rings is 1. The van der Waals surface area contributed by atoms with E-state index < -0.39 is 0 Å². The van der Waals surface area contributed by atoms with Gasteiger partial charge >= 0.3 is 0 Å². The van der Waals surface area contributed by atoms with E-state index in [1.54, 1.807) is 5.57 Å². The number of aromatic nitrogens is 2. The lowest BCUT2D eigenvalue weighted by Gasteiger charge is -2.32. The molecule has 0 bridgehead atoms. The normalized spacial score (nSPS) is 23.9. The molecule has 2 heterocycles. The Hall–Kier alpha value is -1.79. The minimum atomic E-state index is 0.252. The number of amides is 1. The molecule has 1 atom stereocenters. The van der Waals surface area contributed by atoms with Gasteiger partial charge in [0.1, 0.15) is 11.0 Å². The fourth-order valence-electron chi connectivity index (χ4n) is 5.21. The van der Waals surface area contributed by atoms with E-state index in [4.69, 9.17) is 0 Å². The Balaban J connectivity index is 1.07. The second kappa shape index (κ2) is 8.15. The van der Waals surface area contributed by atoms with Crippen molar-refractivity contribution >= 4 is 28.7 Å². The molecule has 1 unspecified atom stereocenters. The molecule has 5 nitrogen and oxygen atoms in total. The van der Waals surface area contributed by atoms with Crippen molar-refractivity contribution in [1.82, 2.24) is 19.0 Å². The maximum atomic E-state index is 12.6. The number of rotatable bonds is 6. The van der Waals surface area contributed by atoms with E-state index in [1.165, 1.54) is 43.0 Å². The van der Waals surface area contributed by atoms with Gasteiger partial charge in [-0.2, -0.15) is 8.75 Å². The van der Waals surface area contributed by atoms with E-state index in [9.17, 15) is 4.79 Å². The molecule has 1 N–H and O–H groups in total. The van der Waals surface area contributed by atoms with Crippen LogP contribution in [0.2, 0.25) is 0 Å². The number of hydrogen-bond donors (Lipinski definition) is 1. The number of piperidine rings is 1. The molecule has 29 heavy (non-hydrogen) atoms. The maximum Gasteiger partial charge on any atom is 0.223 e. The summed E-state index contributed by atoms with van der Waals surface area (Å²) in [6, 6.07) is 6.41. The molecule has 3 aliphatic rings. The Morgan fingerprint density at radius 3 is 2.90 bits per heavy atom. The first kappa shape index (κ1) is 19.2. The van der Waals surface area contributed by atoms with Crippen LogP contribution in [0.5, 0.6) is 0 Å². The van der Waals surface area contributed by atoms with Gasteiger partial charge in [-0.3, -0.25) is 9.69 Å². The van der Waals surface area contributed by atoms with Crippen molar-refractivity contribution < 1.29 is 4.79 Å². The molecule has 2 aromatic rings. The third-order valence-electron chi connectivity index (χ3n) is 7.21. The molecule has 2 fully saturated rings. The van der Waals surface area contributed by atoms with Crippen LogP contribution in [0, 0.1) is 11.3 Å². The van der Waals surface area contributed by atoms with Gasteiger partial charge in [0, 0.05) is 19.0 Å². The lowest BCUT2D eigenvalue weighted by Crippen LogP contribution is -2.37. The van der Waals surface area contributed by atoms with E-state index in [1.807, 2.05) is 0 Å². The van der Waals surface area contributed by atoms with Crippen LogP contribution in [-0.2, 0) is 11.3 Å². The molecule has 1 aromatic carbocycles. The molecule has 2 aliphatic carbocycles. The van der Waals surface area contributed by atoms with E-state index >= 15 is 0 Å². The van der Waals surface area contributed by atoms with E-state index in [0.29, 0.717) is 5.91 Å². The summed E-state index contributed by atoms with van der Waals surface area (Å²) in [6.45, 7) is 3.96. The highest BCUT2D eigenvalue weighted by Crippen LogP contribution is 2.59. The van der Waals surface area contributed by atoms with Gasteiger partial charge in [0.05, 0.1) is 11.7 Å². The lowest BCUT2D eigenvalue weighted by molar-refractivity contribution is -0.123. The van der Waals surface area contributed by atoms with Crippen molar-refractivity contribution in [3.05, 3.63) is 35.4 Å². The number of carbonyl (C=O) groups is 1. The highest BCUT2D eigenvalue weighted by Gasteiger charge is 2.58. The number of carbonyl (C=O) groups excluding carboxylic acids is 1. The number of likely N-dealkylation sites (tertiary alicyclic amines) is 1. The highest BCUT2D eigenvalue weighted by molar-refractivity contribution is 7.00. The number of allylic oxidation sites excluding steroid dienone is 1. The summed E-state index contributed by atoms with van der Waals surface area (Å²) in [4.78, 5) is 15.2. The van der Waals surface area contributed by atoms with Gasteiger partial charge in [-0.1, -0.05) is 17.7 Å². The van der Waals surface area contributed by atoms with E-state index in [0.717, 1.165) is 62.9 Å². The second-order valence-corrected chi connectivity index (χ2v) is 9.66. The van der Waals surface area contributed by atoms with Crippen LogP contribution in [0.25, 0.3) is 11.0 Å². The fraction of sp³-hybridized carbons (Fsp3) is 0.609. The van der Waals surface area contributed by atoms with Gasteiger partial charge in [0.25, 0.3) is 0 Å². The second-order valence-electron chi connectivity index (χ2n) is 9.13. The summed E-state index contributed by atoms with van der Waals surface area (Å²) in [7, 11) is 0. The summed E-state index contributed by atoms with van der Waals surface area (Å²) >= 11 is 1.28. The van der Waals surface area contributed by atoms with E-state index in [2.05, 4.69) is 43.2 Å². The van der Waals surface area contributed by atoms with Crippen molar-refractivity contribution in [1.29, 1.82) is 0 Å². The molecule has 1 spiro atoms. The fourth-order valence-corrected chi connectivity index (χ4v) is 5.73. The van der Waals surface area contributed by atoms with Crippen LogP contribution in [0.1, 0.15) is 56.9 Å². The maximum absolute atomic E-state index is 12.6. The third kappa shape index (κ3) is 4.24. The van der Waals surface area contributed by atoms with Gasteiger partial charge in [-0.25, -0.2) is 0 Å². The van der Waals surface area contributed by atoms with Crippen LogP contribution >= 0.6 is 11.7 Å². The molecule has 1 saturated heterocycles. The van der Waals surface area contributed by atoms with Crippen LogP contribution in [-0.4, -0.2) is 39.2 Å². The monoisotopic (exact) mass is 410 g/mol. The van der Waals surface area contributed by atoms with Crippen molar-refractivity contribution in [2.75, 3.05) is 19.6 Å². The van der Waals surface area contributed by atoms with E-state index in [-0.39, 0.29) is 11.3 Å². The van der Waals surface area contributed by atoms with Crippen LogP contribution in [0.4, 0.5) is 0 Å². The number of hydrogen-bond acceptors (Lipinski definition) is 5. The summed E-state index contributed by atoms with van der Waals surface area (Å²) in [5.74, 6) is 0.554. The van der Waals surface area contributed by atoms with Gasteiger partial charge < -0.3 is 5.32 Å². The predicted molar refractivity (Wildman–Crippen MR) is 117 cm³/mol. The summed E-state index contributed by atoms with van der Waals surface area (Å²) < 4.78 is 8.64. The van der Waals surface area contributed by atoms with Crippen LogP contribution < -0.4 is 5.32 Å². The van der Waals surface area contributed by atoms with Gasteiger partial charge in [-0.05, 0) is 87.6 Å². The minimum absolute atomic E-state index is 0.252. The Bertz CT molecular complexity index is 912. The number of nitrogens with one attached hydrogen (secondary N) is 1. The van der Waals surface area contributed by atoms with Crippen molar-refractivity contribution in [3.8, 4) is 0 Å². The molecule has 154 valence electrons. The smallest absolute Gasteiger partial charge is 0.223 e. The molecular formula is C23H30N4OS. The molecule has 1 saturated carbocycles. The first-order valence-corrected chi connectivity index (χ1v) is 11.8. The molecule has 0 radical (unpaired) electrons. The standard InChI is InChI=1S/C23H30N4OS/c28-22(24-11-8-17-4-2-1-3-5-17)19-15-23(19)9-12-27(13-10-23)16-18-6-7-20-21(14-18)26-29-25-20/h4,6-7,14,19H,1-3,5,8-13,15-16H2,(H,24,28).